The van der Waals surface area contributed by atoms with E-state index < -0.39 is 0 Å². The lowest BCUT2D eigenvalue weighted by Gasteiger charge is -2.34. The first-order chi connectivity index (χ1) is 12.2. The first kappa shape index (κ1) is 18.7. The SMILES string of the molecule is CN(C)C(=O)N1CCn2nc(CNC(=O)[C@H]3CCOC(C)(C)C3)cc2C1. The van der Waals surface area contributed by atoms with E-state index in [1.54, 1.807) is 19.0 Å². The van der Waals surface area contributed by atoms with Gasteiger partial charge in [-0.1, -0.05) is 0 Å². The number of ether oxygens (including phenoxy) is 1. The monoisotopic (exact) mass is 363 g/mol. The van der Waals surface area contributed by atoms with Crippen LogP contribution in [0.2, 0.25) is 0 Å². The fourth-order valence-electron chi connectivity index (χ4n) is 3.64. The van der Waals surface area contributed by atoms with E-state index in [4.69, 9.17) is 4.74 Å². The maximum absolute atomic E-state index is 12.5. The molecule has 3 rings (SSSR count). The molecule has 1 aromatic rings. The maximum atomic E-state index is 12.5. The van der Waals surface area contributed by atoms with Crippen molar-refractivity contribution in [1.29, 1.82) is 0 Å². The van der Waals surface area contributed by atoms with Crippen LogP contribution in [0.15, 0.2) is 6.07 Å². The number of carbonyl (C=O) groups is 2. The average Bonchev–Trinajstić information content (AvgIpc) is 2.99. The summed E-state index contributed by atoms with van der Waals surface area (Å²) in [5.74, 6) is 0.0564. The summed E-state index contributed by atoms with van der Waals surface area (Å²) in [4.78, 5) is 28.0. The molecule has 8 nitrogen and oxygen atoms in total. The number of hydrogen-bond acceptors (Lipinski definition) is 4. The maximum Gasteiger partial charge on any atom is 0.319 e. The number of nitrogens with zero attached hydrogens (tertiary/aromatic N) is 4. The van der Waals surface area contributed by atoms with E-state index in [9.17, 15) is 9.59 Å². The van der Waals surface area contributed by atoms with Crippen LogP contribution in [0.4, 0.5) is 4.79 Å². The number of carbonyl (C=O) groups excluding carboxylic acids is 2. The standard InChI is InChI=1S/C18H29N5O3/c1-18(2)10-13(5-8-26-18)16(24)19-11-14-9-15-12-22(17(25)21(3)4)6-7-23(15)20-14/h9,13H,5-8,10-12H2,1-4H3,(H,19,24)/t13-/m0/s1. The molecule has 144 valence electrons. The topological polar surface area (TPSA) is 79.7 Å². The number of rotatable bonds is 3. The van der Waals surface area contributed by atoms with Gasteiger partial charge < -0.3 is 19.9 Å². The predicted molar refractivity (Wildman–Crippen MR) is 96.3 cm³/mol. The third-order valence-corrected chi connectivity index (χ3v) is 5.01. The number of fused-ring (bicyclic) bond motifs is 1. The number of hydrogen-bond donors (Lipinski definition) is 1. The van der Waals surface area contributed by atoms with E-state index in [0.717, 1.165) is 24.2 Å². The molecule has 1 atom stereocenters. The Morgan fingerprint density at radius 1 is 1.38 bits per heavy atom. The summed E-state index contributed by atoms with van der Waals surface area (Å²) in [5.41, 5.74) is 1.60. The molecule has 8 heteroatoms. The molecular formula is C18H29N5O3. The summed E-state index contributed by atoms with van der Waals surface area (Å²) in [6.45, 7) is 6.96. The van der Waals surface area contributed by atoms with Crippen LogP contribution in [-0.2, 0) is 29.2 Å². The van der Waals surface area contributed by atoms with Gasteiger partial charge in [0, 0.05) is 33.2 Å². The quantitative estimate of drug-likeness (QED) is 0.875. The molecule has 1 N–H and O–H groups in total. The van der Waals surface area contributed by atoms with Crippen molar-refractivity contribution in [3.05, 3.63) is 17.5 Å². The molecule has 3 heterocycles. The largest absolute Gasteiger partial charge is 0.376 e. The van der Waals surface area contributed by atoms with Gasteiger partial charge in [0.15, 0.2) is 0 Å². The number of aromatic nitrogens is 2. The van der Waals surface area contributed by atoms with Crippen LogP contribution in [-0.4, -0.2) is 64.4 Å². The molecule has 1 saturated heterocycles. The van der Waals surface area contributed by atoms with Crippen molar-refractivity contribution in [1.82, 2.24) is 24.9 Å². The summed E-state index contributed by atoms with van der Waals surface area (Å²) >= 11 is 0. The molecule has 2 aliphatic rings. The molecule has 26 heavy (non-hydrogen) atoms. The molecule has 0 spiro atoms. The number of nitrogens with one attached hydrogen (secondary N) is 1. The van der Waals surface area contributed by atoms with E-state index in [1.165, 1.54) is 0 Å². The van der Waals surface area contributed by atoms with Crippen molar-refractivity contribution < 1.29 is 14.3 Å². The van der Waals surface area contributed by atoms with Gasteiger partial charge in [-0.3, -0.25) is 9.48 Å². The minimum Gasteiger partial charge on any atom is -0.376 e. The Hall–Kier alpha value is -2.09. The van der Waals surface area contributed by atoms with Gasteiger partial charge in [0.25, 0.3) is 0 Å². The van der Waals surface area contributed by atoms with Crippen molar-refractivity contribution >= 4 is 11.9 Å². The fourth-order valence-corrected chi connectivity index (χ4v) is 3.64. The molecular weight excluding hydrogens is 334 g/mol. The van der Waals surface area contributed by atoms with Gasteiger partial charge >= 0.3 is 6.03 Å². The van der Waals surface area contributed by atoms with Crippen molar-refractivity contribution in [3.63, 3.8) is 0 Å². The molecule has 0 radical (unpaired) electrons. The summed E-state index contributed by atoms with van der Waals surface area (Å²) < 4.78 is 7.61. The lowest BCUT2D eigenvalue weighted by atomic mass is 9.88. The summed E-state index contributed by atoms with van der Waals surface area (Å²) in [5, 5.41) is 7.57. The van der Waals surface area contributed by atoms with Gasteiger partial charge in [-0.25, -0.2) is 4.79 Å². The Bertz CT molecular complexity index is 682. The van der Waals surface area contributed by atoms with Crippen molar-refractivity contribution in [2.45, 2.75) is 51.9 Å². The zero-order valence-corrected chi connectivity index (χ0v) is 16.1. The Morgan fingerprint density at radius 2 is 2.15 bits per heavy atom. The Morgan fingerprint density at radius 3 is 2.85 bits per heavy atom. The Labute approximate surface area is 154 Å². The van der Waals surface area contributed by atoms with Crippen molar-refractivity contribution in [2.75, 3.05) is 27.2 Å². The van der Waals surface area contributed by atoms with Crippen LogP contribution in [0, 0.1) is 5.92 Å². The van der Waals surface area contributed by atoms with Gasteiger partial charge in [-0.2, -0.15) is 5.10 Å². The second-order valence-corrected chi connectivity index (χ2v) is 7.96. The highest BCUT2D eigenvalue weighted by atomic mass is 16.5. The molecule has 1 fully saturated rings. The van der Waals surface area contributed by atoms with Crippen molar-refractivity contribution in [2.24, 2.45) is 5.92 Å². The van der Waals surface area contributed by atoms with Crippen LogP contribution in [0.25, 0.3) is 0 Å². The van der Waals surface area contributed by atoms with Gasteiger partial charge in [0.05, 0.1) is 36.6 Å². The van der Waals surface area contributed by atoms with Crippen LogP contribution >= 0.6 is 0 Å². The van der Waals surface area contributed by atoms with Crippen LogP contribution < -0.4 is 5.32 Å². The second-order valence-electron chi connectivity index (χ2n) is 7.96. The zero-order chi connectivity index (χ0) is 18.9. The number of urea groups is 1. The molecule has 0 aromatic carbocycles. The molecule has 1 aromatic heterocycles. The molecule has 0 unspecified atom stereocenters. The summed E-state index contributed by atoms with van der Waals surface area (Å²) in [7, 11) is 3.51. The van der Waals surface area contributed by atoms with E-state index in [-0.39, 0.29) is 23.5 Å². The van der Waals surface area contributed by atoms with Gasteiger partial charge in [-0.05, 0) is 32.8 Å². The summed E-state index contributed by atoms with van der Waals surface area (Å²) in [6, 6.07) is 1.98. The lowest BCUT2D eigenvalue weighted by Crippen LogP contribution is -2.43. The van der Waals surface area contributed by atoms with E-state index >= 15 is 0 Å². The Kier molecular flexibility index (Phi) is 5.22. The first-order valence-electron chi connectivity index (χ1n) is 9.19. The number of amides is 3. The lowest BCUT2D eigenvalue weighted by molar-refractivity contribution is -0.135. The highest BCUT2D eigenvalue weighted by molar-refractivity contribution is 5.78. The zero-order valence-electron chi connectivity index (χ0n) is 16.1. The van der Waals surface area contributed by atoms with Gasteiger partial charge in [-0.15, -0.1) is 0 Å². The van der Waals surface area contributed by atoms with Crippen LogP contribution in [0.3, 0.4) is 0 Å². The predicted octanol–water partition coefficient (Wildman–Crippen LogP) is 1.20. The minimum atomic E-state index is -0.240. The highest BCUT2D eigenvalue weighted by Gasteiger charge is 2.33. The minimum absolute atomic E-state index is 0.00874. The third-order valence-electron chi connectivity index (χ3n) is 5.01. The van der Waals surface area contributed by atoms with E-state index in [0.29, 0.717) is 32.8 Å². The third kappa shape index (κ3) is 4.17. The second kappa shape index (κ2) is 7.26. The molecule has 2 aliphatic heterocycles. The van der Waals surface area contributed by atoms with Gasteiger partial charge in [0.2, 0.25) is 5.91 Å². The van der Waals surface area contributed by atoms with Crippen LogP contribution in [0.1, 0.15) is 38.1 Å². The highest BCUT2D eigenvalue weighted by Crippen LogP contribution is 2.28. The van der Waals surface area contributed by atoms with E-state index in [2.05, 4.69) is 10.4 Å². The van der Waals surface area contributed by atoms with Gasteiger partial charge in [0.1, 0.15) is 0 Å². The fraction of sp³-hybridized carbons (Fsp3) is 0.722. The molecule has 0 aliphatic carbocycles. The normalized spacial score (nSPS) is 21.8. The smallest absolute Gasteiger partial charge is 0.319 e. The summed E-state index contributed by atoms with van der Waals surface area (Å²) in [6.07, 6.45) is 1.50. The first-order valence-corrected chi connectivity index (χ1v) is 9.19. The van der Waals surface area contributed by atoms with Crippen LogP contribution in [0.5, 0.6) is 0 Å². The average molecular weight is 363 g/mol. The molecule has 0 saturated carbocycles. The molecule has 3 amide bonds. The molecule has 0 bridgehead atoms. The van der Waals surface area contributed by atoms with Crippen molar-refractivity contribution in [3.8, 4) is 0 Å². The Balaban J connectivity index is 1.56. The van der Waals surface area contributed by atoms with E-state index in [1.807, 2.05) is 29.5 Å².